The van der Waals surface area contributed by atoms with Gasteiger partial charge in [-0.15, -0.1) is 0 Å². The van der Waals surface area contributed by atoms with E-state index in [1.54, 1.807) is 56.7 Å². The highest BCUT2D eigenvalue weighted by molar-refractivity contribution is 7.89. The Bertz CT molecular complexity index is 1470. The monoisotopic (exact) mass is 465 g/mol. The fraction of sp³-hybridized carbons (Fsp3) is 0.167. The van der Waals surface area contributed by atoms with Crippen LogP contribution in [-0.2, 0) is 23.0 Å². The minimum absolute atomic E-state index is 0.000498. The Morgan fingerprint density at radius 1 is 0.970 bits per heavy atom. The maximum absolute atomic E-state index is 13.2. The molecule has 8 nitrogen and oxygen atoms in total. The number of sulfonamides is 1. The Morgan fingerprint density at radius 3 is 2.33 bits per heavy atom. The first-order valence-corrected chi connectivity index (χ1v) is 11.7. The molecule has 4 aromatic rings. The summed E-state index contributed by atoms with van der Waals surface area (Å²) in [6, 6.07) is 17.1. The number of ether oxygens (including phenoxy) is 2. The summed E-state index contributed by atoms with van der Waals surface area (Å²) in [6.45, 7) is 0.399. The number of nitrogens with two attached hydrogens (primary N) is 1. The van der Waals surface area contributed by atoms with Gasteiger partial charge < -0.3 is 9.47 Å². The lowest BCUT2D eigenvalue weighted by atomic mass is 10.0. The number of rotatable bonds is 7. The average molecular weight is 466 g/mol. The van der Waals surface area contributed by atoms with Crippen LogP contribution in [-0.4, -0.2) is 32.2 Å². The summed E-state index contributed by atoms with van der Waals surface area (Å²) in [4.78, 5) is 17.6. The number of primary sulfonamides is 1. The molecular weight excluding hydrogens is 442 g/mol. The molecule has 0 aliphatic carbocycles. The van der Waals surface area contributed by atoms with E-state index in [2.05, 4.69) is 4.98 Å². The Kier molecular flexibility index (Phi) is 6.17. The number of fused-ring (bicyclic) bond motifs is 1. The minimum atomic E-state index is -3.92. The predicted molar refractivity (Wildman–Crippen MR) is 126 cm³/mol. The van der Waals surface area contributed by atoms with Crippen LogP contribution < -0.4 is 20.2 Å². The van der Waals surface area contributed by atoms with Crippen LogP contribution in [0.2, 0.25) is 0 Å². The molecule has 0 amide bonds. The maximum atomic E-state index is 13.2. The molecule has 9 heteroatoms. The Morgan fingerprint density at radius 2 is 1.67 bits per heavy atom. The summed E-state index contributed by atoms with van der Waals surface area (Å²) in [5.74, 6) is 1.35. The zero-order chi connectivity index (χ0) is 23.6. The van der Waals surface area contributed by atoms with Gasteiger partial charge in [0.2, 0.25) is 10.0 Å². The second kappa shape index (κ2) is 9.05. The van der Waals surface area contributed by atoms with Gasteiger partial charge in [-0.3, -0.25) is 9.36 Å². The molecule has 1 heterocycles. The van der Waals surface area contributed by atoms with Crippen LogP contribution in [0.25, 0.3) is 22.0 Å². The molecule has 0 radical (unpaired) electrons. The van der Waals surface area contributed by atoms with Crippen LogP contribution in [0.5, 0.6) is 11.5 Å². The van der Waals surface area contributed by atoms with E-state index in [9.17, 15) is 13.2 Å². The lowest BCUT2D eigenvalue weighted by Gasteiger charge is -2.11. The van der Waals surface area contributed by atoms with Crippen molar-refractivity contribution >= 4 is 20.9 Å². The van der Waals surface area contributed by atoms with E-state index >= 15 is 0 Å². The Hall–Kier alpha value is -3.69. The molecule has 0 saturated heterocycles. The smallest absolute Gasteiger partial charge is 0.261 e. The van der Waals surface area contributed by atoms with Gasteiger partial charge in [0, 0.05) is 18.2 Å². The summed E-state index contributed by atoms with van der Waals surface area (Å²) < 4.78 is 36.2. The first-order chi connectivity index (χ1) is 15.8. The van der Waals surface area contributed by atoms with Crippen molar-refractivity contribution in [1.82, 2.24) is 9.55 Å². The van der Waals surface area contributed by atoms with Gasteiger partial charge in [0.15, 0.2) is 0 Å². The highest BCUT2D eigenvalue weighted by Gasteiger charge is 2.16. The summed E-state index contributed by atoms with van der Waals surface area (Å²) in [5, 5.41) is 5.77. The van der Waals surface area contributed by atoms with Gasteiger partial charge in [0.25, 0.3) is 5.56 Å². The van der Waals surface area contributed by atoms with E-state index in [1.165, 1.54) is 17.0 Å². The normalized spacial score (nSPS) is 11.5. The largest absolute Gasteiger partial charge is 0.497 e. The molecule has 3 aromatic carbocycles. The molecule has 0 bridgehead atoms. The van der Waals surface area contributed by atoms with Crippen LogP contribution in [0.1, 0.15) is 5.56 Å². The van der Waals surface area contributed by atoms with Gasteiger partial charge in [-0.1, -0.05) is 24.3 Å². The van der Waals surface area contributed by atoms with Gasteiger partial charge in [-0.2, -0.15) is 0 Å². The number of hydrogen-bond donors (Lipinski definition) is 1. The predicted octanol–water partition coefficient (Wildman–Crippen LogP) is 2.97. The molecule has 0 saturated carbocycles. The number of benzene rings is 3. The molecule has 0 atom stereocenters. The van der Waals surface area contributed by atoms with Crippen LogP contribution in [0.15, 0.2) is 76.7 Å². The third-order valence-electron chi connectivity index (χ3n) is 5.38. The molecule has 0 unspecified atom stereocenters. The van der Waals surface area contributed by atoms with Crippen LogP contribution in [0, 0.1) is 0 Å². The number of aromatic nitrogens is 2. The van der Waals surface area contributed by atoms with Crippen molar-refractivity contribution in [2.75, 3.05) is 14.2 Å². The number of aryl methyl sites for hydroxylation is 2. The van der Waals surface area contributed by atoms with Crippen molar-refractivity contribution in [2.24, 2.45) is 5.14 Å². The van der Waals surface area contributed by atoms with Crippen molar-refractivity contribution < 1.29 is 17.9 Å². The molecule has 33 heavy (non-hydrogen) atoms. The fourth-order valence-corrected chi connectivity index (χ4v) is 4.46. The fourth-order valence-electron chi connectivity index (χ4n) is 3.70. The minimum Gasteiger partial charge on any atom is -0.497 e. The molecule has 4 rings (SSSR count). The van der Waals surface area contributed by atoms with E-state index in [0.717, 1.165) is 5.56 Å². The molecule has 170 valence electrons. The van der Waals surface area contributed by atoms with E-state index in [1.807, 2.05) is 12.1 Å². The molecule has 0 aliphatic heterocycles. The Balaban J connectivity index is 1.71. The van der Waals surface area contributed by atoms with Crippen molar-refractivity contribution in [3.8, 4) is 22.6 Å². The van der Waals surface area contributed by atoms with Gasteiger partial charge in [0.1, 0.15) is 11.5 Å². The molecule has 0 aliphatic rings. The molecule has 0 spiro atoms. The van der Waals surface area contributed by atoms with E-state index < -0.39 is 10.0 Å². The highest BCUT2D eigenvalue weighted by Crippen LogP contribution is 2.28. The average Bonchev–Trinajstić information content (AvgIpc) is 2.82. The molecule has 1 aromatic heterocycles. The standard InChI is InChI=1S/C24H23N3O5S/c1-31-18-11-16(12-19(14-18)32-2)9-10-27-15-26-22-8-7-17(13-21(22)24(27)28)20-5-3-4-6-23(20)33(25,29)30/h3-8,11-15H,9-10H2,1-2H3,(H2,25,29,30). The van der Waals surface area contributed by atoms with Crippen LogP contribution >= 0.6 is 0 Å². The maximum Gasteiger partial charge on any atom is 0.261 e. The van der Waals surface area contributed by atoms with Gasteiger partial charge in [0.05, 0.1) is 36.3 Å². The van der Waals surface area contributed by atoms with Gasteiger partial charge >= 0.3 is 0 Å². The lowest BCUT2D eigenvalue weighted by molar-refractivity contribution is 0.393. The third kappa shape index (κ3) is 4.74. The van der Waals surface area contributed by atoms with E-state index in [4.69, 9.17) is 14.6 Å². The molecule has 0 fully saturated rings. The quantitative estimate of drug-likeness (QED) is 0.449. The highest BCUT2D eigenvalue weighted by atomic mass is 32.2. The van der Waals surface area contributed by atoms with E-state index in [0.29, 0.717) is 46.5 Å². The first kappa shape index (κ1) is 22.5. The lowest BCUT2D eigenvalue weighted by Crippen LogP contribution is -2.21. The zero-order valence-corrected chi connectivity index (χ0v) is 19.0. The summed E-state index contributed by atoms with van der Waals surface area (Å²) in [6.07, 6.45) is 2.08. The number of hydrogen-bond acceptors (Lipinski definition) is 6. The summed E-state index contributed by atoms with van der Waals surface area (Å²) >= 11 is 0. The first-order valence-electron chi connectivity index (χ1n) is 10.1. The second-order valence-corrected chi connectivity index (χ2v) is 9.02. The number of methoxy groups -OCH3 is 2. The van der Waals surface area contributed by atoms with Crippen molar-refractivity contribution in [2.45, 2.75) is 17.9 Å². The van der Waals surface area contributed by atoms with Crippen molar-refractivity contribution in [3.63, 3.8) is 0 Å². The second-order valence-electron chi connectivity index (χ2n) is 7.49. The van der Waals surface area contributed by atoms with Crippen molar-refractivity contribution in [1.29, 1.82) is 0 Å². The van der Waals surface area contributed by atoms with Crippen molar-refractivity contribution in [3.05, 3.63) is 82.9 Å². The number of nitrogens with zero attached hydrogens (tertiary/aromatic N) is 2. The van der Waals surface area contributed by atoms with E-state index in [-0.39, 0.29) is 10.5 Å². The van der Waals surface area contributed by atoms with Gasteiger partial charge in [-0.25, -0.2) is 18.5 Å². The van der Waals surface area contributed by atoms with Crippen LogP contribution in [0.3, 0.4) is 0 Å². The molecular formula is C24H23N3O5S. The zero-order valence-electron chi connectivity index (χ0n) is 18.2. The Labute approximate surface area is 191 Å². The summed E-state index contributed by atoms with van der Waals surface area (Å²) in [7, 11) is -0.753. The van der Waals surface area contributed by atoms with Crippen LogP contribution in [0.4, 0.5) is 0 Å². The molecule has 2 N–H and O–H groups in total. The van der Waals surface area contributed by atoms with Gasteiger partial charge in [-0.05, 0) is 47.9 Å². The third-order valence-corrected chi connectivity index (χ3v) is 6.35. The summed E-state index contributed by atoms with van der Waals surface area (Å²) in [5.41, 5.74) is 2.26. The SMILES string of the molecule is COc1cc(CCn2cnc3ccc(-c4ccccc4S(N)(=O)=O)cc3c2=O)cc(OC)c1. The topological polar surface area (TPSA) is 114 Å².